The predicted molar refractivity (Wildman–Crippen MR) is 85.6 cm³/mol. The molecule has 0 aliphatic rings. The maximum absolute atomic E-state index is 9.38. The van der Waals surface area contributed by atoms with E-state index in [1.807, 2.05) is 25.1 Å². The molecule has 0 amide bonds. The molecule has 2 nitrogen and oxygen atoms in total. The monoisotopic (exact) mass is 342 g/mol. The second kappa shape index (κ2) is 7.77. The molecule has 0 radical (unpaired) electrons. The zero-order valence-corrected chi connectivity index (χ0v) is 13.8. The minimum atomic E-state index is -0.527. The first-order valence-electron chi connectivity index (χ1n) is 6.65. The molecule has 1 unspecified atom stereocenters. The Balaban J connectivity index is 2.64. The summed E-state index contributed by atoms with van der Waals surface area (Å²) in [6.07, 6.45) is 5.54. The number of nitrogens with zero attached hydrogens (tertiary/aromatic N) is 1. The van der Waals surface area contributed by atoms with Crippen LogP contribution in [0.4, 0.5) is 5.69 Å². The van der Waals surface area contributed by atoms with Gasteiger partial charge < -0.3 is 5.32 Å². The summed E-state index contributed by atoms with van der Waals surface area (Å²) < 4.78 is 0.838. The topological polar surface area (TPSA) is 35.8 Å². The summed E-state index contributed by atoms with van der Waals surface area (Å²) in [7, 11) is 0. The molecule has 0 spiro atoms. The van der Waals surface area contributed by atoms with Crippen LogP contribution in [0.25, 0.3) is 0 Å². The average Bonchev–Trinajstić information content (AvgIpc) is 2.39. The highest BCUT2D eigenvalue weighted by molar-refractivity contribution is 9.10. The lowest BCUT2D eigenvalue weighted by Gasteiger charge is -2.24. The van der Waals surface area contributed by atoms with Crippen molar-refractivity contribution in [3.63, 3.8) is 0 Å². The fourth-order valence-electron chi connectivity index (χ4n) is 1.94. The minimum absolute atomic E-state index is 0.527. The molecule has 0 saturated heterocycles. The van der Waals surface area contributed by atoms with Gasteiger partial charge in [-0.05, 0) is 47.5 Å². The van der Waals surface area contributed by atoms with E-state index in [1.54, 1.807) is 0 Å². The van der Waals surface area contributed by atoms with Gasteiger partial charge in [-0.1, -0.05) is 44.2 Å². The van der Waals surface area contributed by atoms with E-state index in [1.165, 1.54) is 19.3 Å². The highest BCUT2D eigenvalue weighted by Crippen LogP contribution is 2.28. The first kappa shape index (κ1) is 16.3. The highest BCUT2D eigenvalue weighted by Gasteiger charge is 2.22. The largest absolute Gasteiger partial charge is 0.368 e. The van der Waals surface area contributed by atoms with Gasteiger partial charge in [0.1, 0.15) is 5.54 Å². The molecule has 0 fully saturated rings. The smallest absolute Gasteiger partial charge is 0.122 e. The van der Waals surface area contributed by atoms with Crippen molar-refractivity contribution in [1.29, 1.82) is 5.26 Å². The fraction of sp³-hybridized carbons (Fsp3) is 0.533. The quantitative estimate of drug-likeness (QED) is 0.638. The van der Waals surface area contributed by atoms with E-state index >= 15 is 0 Å². The first-order chi connectivity index (χ1) is 9.00. The number of hydrogen-bond acceptors (Lipinski definition) is 2. The Bertz CT molecular complexity index is 456. The summed E-state index contributed by atoms with van der Waals surface area (Å²) >= 11 is 9.36. The van der Waals surface area contributed by atoms with E-state index < -0.39 is 5.54 Å². The van der Waals surface area contributed by atoms with Gasteiger partial charge in [-0.25, -0.2) is 0 Å². The molecule has 0 aliphatic carbocycles. The molecule has 19 heavy (non-hydrogen) atoms. The molecule has 1 atom stereocenters. The van der Waals surface area contributed by atoms with E-state index in [9.17, 15) is 5.26 Å². The van der Waals surface area contributed by atoms with Crippen molar-refractivity contribution in [2.45, 2.75) is 51.5 Å². The molecule has 1 aromatic rings. The summed E-state index contributed by atoms with van der Waals surface area (Å²) in [5.74, 6) is 0. The fourth-order valence-corrected chi connectivity index (χ4v) is 2.44. The lowest BCUT2D eigenvalue weighted by Crippen LogP contribution is -2.32. The first-order valence-corrected chi connectivity index (χ1v) is 7.82. The van der Waals surface area contributed by atoms with Crippen LogP contribution in [0, 0.1) is 11.3 Å². The molecular weight excluding hydrogens is 324 g/mol. The Morgan fingerprint density at radius 3 is 2.68 bits per heavy atom. The lowest BCUT2D eigenvalue weighted by atomic mass is 9.95. The zero-order chi connectivity index (χ0) is 14.3. The van der Waals surface area contributed by atoms with Crippen LogP contribution in [0.3, 0.4) is 0 Å². The standard InChI is InChI=1S/C15H20BrClN2/c1-3-4-5-6-9-15(2,11-18)19-12-7-8-14(17)13(16)10-12/h7-8,10,19H,3-6,9H2,1-2H3. The van der Waals surface area contributed by atoms with Gasteiger partial charge in [-0.15, -0.1) is 0 Å². The zero-order valence-electron chi connectivity index (χ0n) is 11.5. The van der Waals surface area contributed by atoms with Crippen LogP contribution in [0.5, 0.6) is 0 Å². The normalized spacial score (nSPS) is 13.6. The predicted octanol–water partition coefficient (Wildman–Crippen LogP) is 5.77. The van der Waals surface area contributed by atoms with E-state index in [-0.39, 0.29) is 0 Å². The number of nitriles is 1. The van der Waals surface area contributed by atoms with Crippen LogP contribution in [0.2, 0.25) is 5.02 Å². The van der Waals surface area contributed by atoms with Crippen molar-refractivity contribution in [3.05, 3.63) is 27.7 Å². The number of benzene rings is 1. The van der Waals surface area contributed by atoms with Crippen molar-refractivity contribution in [1.82, 2.24) is 0 Å². The van der Waals surface area contributed by atoms with E-state index in [2.05, 4.69) is 34.2 Å². The van der Waals surface area contributed by atoms with Crippen LogP contribution < -0.4 is 5.32 Å². The van der Waals surface area contributed by atoms with E-state index in [4.69, 9.17) is 11.6 Å². The number of anilines is 1. The Morgan fingerprint density at radius 2 is 2.11 bits per heavy atom. The number of nitrogens with one attached hydrogen (secondary N) is 1. The third kappa shape index (κ3) is 5.42. The molecule has 0 saturated carbocycles. The Morgan fingerprint density at radius 1 is 1.37 bits per heavy atom. The Kier molecular flexibility index (Phi) is 6.68. The van der Waals surface area contributed by atoms with Gasteiger partial charge in [0.25, 0.3) is 0 Å². The van der Waals surface area contributed by atoms with Crippen molar-refractivity contribution in [2.75, 3.05) is 5.32 Å². The Hall–Kier alpha value is -0.720. The summed E-state index contributed by atoms with van der Waals surface area (Å²) in [5, 5.41) is 13.4. The van der Waals surface area contributed by atoms with Crippen LogP contribution in [0.15, 0.2) is 22.7 Å². The molecule has 0 heterocycles. The van der Waals surface area contributed by atoms with E-state index in [0.29, 0.717) is 5.02 Å². The van der Waals surface area contributed by atoms with Gasteiger partial charge in [-0.2, -0.15) is 5.26 Å². The van der Waals surface area contributed by atoms with E-state index in [0.717, 1.165) is 23.0 Å². The summed E-state index contributed by atoms with van der Waals surface area (Å²) in [6.45, 7) is 4.13. The highest BCUT2D eigenvalue weighted by atomic mass is 79.9. The number of halogens is 2. The average molecular weight is 344 g/mol. The Labute approximate surface area is 129 Å². The third-order valence-corrected chi connectivity index (χ3v) is 4.33. The summed E-state index contributed by atoms with van der Waals surface area (Å²) in [6, 6.07) is 8.01. The molecular formula is C15H20BrClN2. The maximum Gasteiger partial charge on any atom is 0.122 e. The molecule has 0 bridgehead atoms. The molecule has 4 heteroatoms. The van der Waals surface area contributed by atoms with Gasteiger partial charge in [-0.3, -0.25) is 0 Å². The third-order valence-electron chi connectivity index (χ3n) is 3.12. The van der Waals surface area contributed by atoms with Gasteiger partial charge in [0.2, 0.25) is 0 Å². The lowest BCUT2D eigenvalue weighted by molar-refractivity contribution is 0.528. The number of unbranched alkanes of at least 4 members (excludes halogenated alkanes) is 3. The molecule has 1 aromatic carbocycles. The van der Waals surface area contributed by atoms with Crippen molar-refractivity contribution in [2.24, 2.45) is 0 Å². The van der Waals surface area contributed by atoms with Crippen molar-refractivity contribution >= 4 is 33.2 Å². The SMILES string of the molecule is CCCCCCC(C)(C#N)Nc1ccc(Cl)c(Br)c1. The molecule has 104 valence electrons. The van der Waals surface area contributed by atoms with Crippen molar-refractivity contribution < 1.29 is 0 Å². The molecule has 1 rings (SSSR count). The number of rotatable bonds is 7. The van der Waals surface area contributed by atoms with Gasteiger partial charge in [0, 0.05) is 10.2 Å². The number of hydrogen-bond donors (Lipinski definition) is 1. The minimum Gasteiger partial charge on any atom is -0.368 e. The maximum atomic E-state index is 9.38. The van der Waals surface area contributed by atoms with Crippen molar-refractivity contribution in [3.8, 4) is 6.07 Å². The van der Waals surface area contributed by atoms with Crippen LogP contribution in [-0.2, 0) is 0 Å². The van der Waals surface area contributed by atoms with Crippen LogP contribution in [0.1, 0.15) is 46.0 Å². The summed E-state index contributed by atoms with van der Waals surface area (Å²) in [4.78, 5) is 0. The van der Waals surface area contributed by atoms with Crippen LogP contribution >= 0.6 is 27.5 Å². The summed E-state index contributed by atoms with van der Waals surface area (Å²) in [5.41, 5.74) is 0.386. The second-order valence-corrected chi connectivity index (χ2v) is 6.27. The van der Waals surface area contributed by atoms with Gasteiger partial charge >= 0.3 is 0 Å². The van der Waals surface area contributed by atoms with Crippen LogP contribution in [-0.4, -0.2) is 5.54 Å². The molecule has 0 aliphatic heterocycles. The second-order valence-electron chi connectivity index (χ2n) is 5.01. The van der Waals surface area contributed by atoms with Gasteiger partial charge in [0.05, 0.1) is 11.1 Å². The van der Waals surface area contributed by atoms with Gasteiger partial charge in [0.15, 0.2) is 0 Å². The molecule has 1 N–H and O–H groups in total. The molecule has 0 aromatic heterocycles.